The Morgan fingerprint density at radius 1 is 0.875 bits per heavy atom. The van der Waals surface area contributed by atoms with Crippen LogP contribution in [0.25, 0.3) is 11.1 Å². The largest absolute Gasteiger partial charge is 0.490 e. The van der Waals surface area contributed by atoms with Crippen molar-refractivity contribution in [1.82, 2.24) is 0 Å². The number of rotatable bonds is 7. The van der Waals surface area contributed by atoms with Gasteiger partial charge in [-0.3, -0.25) is 0 Å². The third-order valence-corrected chi connectivity index (χ3v) is 3.49. The summed E-state index contributed by atoms with van der Waals surface area (Å²) in [6, 6.07) is 14.4. The minimum Gasteiger partial charge on any atom is -0.490 e. The van der Waals surface area contributed by atoms with Gasteiger partial charge in [-0.15, -0.1) is 0 Å². The van der Waals surface area contributed by atoms with Crippen molar-refractivity contribution in [2.24, 2.45) is 0 Å². The Kier molecular flexibility index (Phi) is 6.08. The van der Waals surface area contributed by atoms with Crippen LogP contribution in [0.5, 0.6) is 11.5 Å². The molecule has 0 amide bonds. The zero-order valence-electron chi connectivity index (χ0n) is 15.4. The fourth-order valence-electron chi connectivity index (χ4n) is 2.72. The maximum atomic E-state index is 6.08. The third kappa shape index (κ3) is 4.64. The molecule has 0 bridgehead atoms. The number of benzene rings is 2. The zero-order chi connectivity index (χ0) is 17.7. The van der Waals surface area contributed by atoms with Gasteiger partial charge in [-0.1, -0.05) is 42.5 Å². The Hall–Kier alpha value is -2.22. The van der Waals surface area contributed by atoms with E-state index in [1.54, 1.807) is 0 Å². The van der Waals surface area contributed by atoms with Crippen LogP contribution in [0.4, 0.5) is 0 Å². The average molecular weight is 324 g/mol. The molecule has 0 fully saturated rings. The second-order valence-corrected chi connectivity index (χ2v) is 6.75. The van der Waals surface area contributed by atoms with Crippen molar-refractivity contribution < 1.29 is 9.47 Å². The van der Waals surface area contributed by atoms with Crippen molar-refractivity contribution in [3.8, 4) is 22.6 Å². The molecule has 2 heteroatoms. The van der Waals surface area contributed by atoms with Crippen molar-refractivity contribution in [3.05, 3.63) is 60.2 Å². The summed E-state index contributed by atoms with van der Waals surface area (Å²) >= 11 is 0. The molecule has 0 radical (unpaired) electrons. The molecule has 0 saturated heterocycles. The van der Waals surface area contributed by atoms with Crippen molar-refractivity contribution in [2.75, 3.05) is 0 Å². The first kappa shape index (κ1) is 18.1. The number of allylic oxidation sites excluding steroid dienone is 1. The lowest BCUT2D eigenvalue weighted by Gasteiger charge is -2.21. The van der Waals surface area contributed by atoms with Crippen molar-refractivity contribution >= 4 is 0 Å². The molecule has 24 heavy (non-hydrogen) atoms. The van der Waals surface area contributed by atoms with Gasteiger partial charge in [-0.25, -0.2) is 0 Å². The molecule has 0 aliphatic rings. The van der Waals surface area contributed by atoms with Gasteiger partial charge in [0.1, 0.15) is 11.5 Å². The number of ether oxygens (including phenoxy) is 2. The van der Waals surface area contributed by atoms with Crippen LogP contribution in [0.15, 0.2) is 54.6 Å². The molecule has 0 heterocycles. The minimum atomic E-state index is 0.103. The summed E-state index contributed by atoms with van der Waals surface area (Å²) in [6.45, 7) is 14.3. The second kappa shape index (κ2) is 8.05. The van der Waals surface area contributed by atoms with Crippen LogP contribution in [-0.4, -0.2) is 12.2 Å². The molecule has 2 rings (SSSR count). The summed E-state index contributed by atoms with van der Waals surface area (Å²) in [5.41, 5.74) is 4.54. The van der Waals surface area contributed by atoms with Gasteiger partial charge in [0.2, 0.25) is 0 Å². The highest BCUT2D eigenvalue weighted by molar-refractivity contribution is 5.79. The van der Waals surface area contributed by atoms with Gasteiger partial charge < -0.3 is 9.47 Å². The summed E-state index contributed by atoms with van der Waals surface area (Å²) < 4.78 is 12.2. The molecular formula is C22H28O2. The first-order chi connectivity index (χ1) is 11.4. The van der Waals surface area contributed by atoms with E-state index in [9.17, 15) is 0 Å². The predicted octanol–water partition coefficient (Wildman–Crippen LogP) is 6.05. The average Bonchev–Trinajstić information content (AvgIpc) is 2.47. The minimum absolute atomic E-state index is 0.103. The van der Waals surface area contributed by atoms with Gasteiger partial charge in [0.05, 0.1) is 17.8 Å². The molecule has 0 saturated carbocycles. The molecule has 0 aromatic heterocycles. The highest BCUT2D eigenvalue weighted by Crippen LogP contribution is 2.41. The van der Waals surface area contributed by atoms with E-state index in [2.05, 4.69) is 37.8 Å². The maximum absolute atomic E-state index is 6.08. The Bertz CT molecular complexity index is 671. The molecule has 0 atom stereocenters. The van der Waals surface area contributed by atoms with Crippen LogP contribution in [0.3, 0.4) is 0 Å². The highest BCUT2D eigenvalue weighted by atomic mass is 16.5. The summed E-state index contributed by atoms with van der Waals surface area (Å²) in [5, 5.41) is 0. The van der Waals surface area contributed by atoms with Crippen molar-refractivity contribution in [3.63, 3.8) is 0 Å². The molecule has 0 spiro atoms. The van der Waals surface area contributed by atoms with Crippen molar-refractivity contribution in [1.29, 1.82) is 0 Å². The smallest absolute Gasteiger partial charge is 0.131 e. The van der Waals surface area contributed by atoms with E-state index in [0.29, 0.717) is 0 Å². The van der Waals surface area contributed by atoms with E-state index < -0.39 is 0 Å². The molecule has 0 aliphatic carbocycles. The summed E-state index contributed by atoms with van der Waals surface area (Å²) in [5.74, 6) is 1.72. The summed E-state index contributed by atoms with van der Waals surface area (Å²) in [7, 11) is 0. The molecule has 2 aromatic rings. The summed E-state index contributed by atoms with van der Waals surface area (Å²) in [6.07, 6.45) is 1.05. The molecule has 0 unspecified atom stereocenters. The monoisotopic (exact) mass is 324 g/mol. The van der Waals surface area contributed by atoms with Crippen LogP contribution >= 0.6 is 0 Å². The fourth-order valence-corrected chi connectivity index (χ4v) is 2.72. The molecule has 2 nitrogen and oxygen atoms in total. The molecule has 2 aromatic carbocycles. The third-order valence-electron chi connectivity index (χ3n) is 3.49. The zero-order valence-corrected chi connectivity index (χ0v) is 15.4. The summed E-state index contributed by atoms with van der Waals surface area (Å²) in [4.78, 5) is 0. The first-order valence-electron chi connectivity index (χ1n) is 8.57. The Balaban J connectivity index is 2.64. The van der Waals surface area contributed by atoms with Crippen LogP contribution in [0.1, 0.15) is 40.2 Å². The number of hydrogen-bond donors (Lipinski definition) is 0. The van der Waals surface area contributed by atoms with Gasteiger partial charge in [0, 0.05) is 0 Å². The van der Waals surface area contributed by atoms with Gasteiger partial charge >= 0.3 is 0 Å². The van der Waals surface area contributed by atoms with Crippen molar-refractivity contribution in [2.45, 2.75) is 53.2 Å². The van der Waals surface area contributed by atoms with E-state index in [1.165, 1.54) is 5.56 Å². The van der Waals surface area contributed by atoms with Crippen LogP contribution in [0, 0.1) is 0 Å². The number of hydrogen-bond acceptors (Lipinski definition) is 2. The molecular weight excluding hydrogens is 296 g/mol. The van der Waals surface area contributed by atoms with Crippen LogP contribution in [0.2, 0.25) is 0 Å². The van der Waals surface area contributed by atoms with Crippen LogP contribution in [-0.2, 0) is 6.42 Å². The fraction of sp³-hybridized carbons (Fsp3) is 0.364. The lowest BCUT2D eigenvalue weighted by Crippen LogP contribution is -2.10. The van der Waals surface area contributed by atoms with E-state index in [1.807, 2.05) is 45.9 Å². The molecule has 0 N–H and O–H groups in total. The Morgan fingerprint density at radius 3 is 1.92 bits per heavy atom. The molecule has 128 valence electrons. The topological polar surface area (TPSA) is 18.5 Å². The van der Waals surface area contributed by atoms with Crippen LogP contribution < -0.4 is 9.47 Å². The van der Waals surface area contributed by atoms with E-state index in [-0.39, 0.29) is 12.2 Å². The lowest BCUT2D eigenvalue weighted by atomic mass is 9.94. The van der Waals surface area contributed by atoms with Gasteiger partial charge in [0.25, 0.3) is 0 Å². The van der Waals surface area contributed by atoms with E-state index in [0.717, 1.165) is 34.6 Å². The van der Waals surface area contributed by atoms with Gasteiger partial charge in [0.15, 0.2) is 0 Å². The maximum Gasteiger partial charge on any atom is 0.131 e. The van der Waals surface area contributed by atoms with E-state index in [4.69, 9.17) is 9.47 Å². The highest BCUT2D eigenvalue weighted by Gasteiger charge is 2.18. The van der Waals surface area contributed by atoms with Gasteiger partial charge in [-0.05, 0) is 64.3 Å². The quantitative estimate of drug-likeness (QED) is 0.577. The predicted molar refractivity (Wildman–Crippen MR) is 102 cm³/mol. The standard InChI is InChI=1S/C22H28O2/c1-15(2)14-18-10-7-8-11-19(18)22-20(23-16(3)4)12-9-13-21(22)24-17(5)6/h7-13,16-17H,1,14H2,2-6H3. The van der Waals surface area contributed by atoms with Gasteiger partial charge in [-0.2, -0.15) is 0 Å². The SMILES string of the molecule is C=C(C)Cc1ccccc1-c1c(OC(C)C)cccc1OC(C)C. The first-order valence-corrected chi connectivity index (χ1v) is 8.57. The molecule has 0 aliphatic heterocycles. The normalized spacial score (nSPS) is 11.0. The van der Waals surface area contributed by atoms with E-state index >= 15 is 0 Å². The lowest BCUT2D eigenvalue weighted by molar-refractivity contribution is 0.231. The second-order valence-electron chi connectivity index (χ2n) is 6.75. The Morgan fingerprint density at radius 2 is 1.42 bits per heavy atom. The Labute approximate surface area is 146 Å².